The van der Waals surface area contributed by atoms with Gasteiger partial charge >= 0.3 is 0 Å². The van der Waals surface area contributed by atoms with Crippen LogP contribution in [0.2, 0.25) is 0 Å². The van der Waals surface area contributed by atoms with E-state index in [9.17, 15) is 4.79 Å². The van der Waals surface area contributed by atoms with E-state index in [2.05, 4.69) is 24.1 Å². The van der Waals surface area contributed by atoms with E-state index in [1.807, 2.05) is 13.0 Å². The lowest BCUT2D eigenvalue weighted by Gasteiger charge is -2.35. The van der Waals surface area contributed by atoms with Crippen molar-refractivity contribution in [2.45, 2.75) is 33.0 Å². The number of amides is 1. The van der Waals surface area contributed by atoms with Crippen LogP contribution < -0.4 is 16.0 Å². The van der Waals surface area contributed by atoms with Gasteiger partial charge in [0.05, 0.1) is 22.9 Å². The molecule has 0 spiro atoms. The monoisotopic (exact) mass is 283 g/mol. The first-order valence-corrected chi connectivity index (χ1v) is 7.40. The smallest absolute Gasteiger partial charge is 0.263 e. The van der Waals surface area contributed by atoms with Crippen LogP contribution in [0.5, 0.6) is 0 Å². The summed E-state index contributed by atoms with van der Waals surface area (Å²) in [5.74, 6) is -0.0920. The molecular weight excluding hydrogens is 262 g/mol. The van der Waals surface area contributed by atoms with Gasteiger partial charge < -0.3 is 20.7 Å². The highest BCUT2D eigenvalue weighted by Crippen LogP contribution is 2.33. The Morgan fingerprint density at radius 1 is 1.53 bits per heavy atom. The van der Waals surface area contributed by atoms with E-state index in [1.165, 1.54) is 11.3 Å². The van der Waals surface area contributed by atoms with Gasteiger partial charge in [-0.15, -0.1) is 11.3 Å². The Labute approximate surface area is 117 Å². The fraction of sp³-hybridized carbons (Fsp3) is 0.615. The number of anilines is 2. The minimum atomic E-state index is -0.0920. The highest BCUT2D eigenvalue weighted by atomic mass is 32.1. The molecule has 1 amide bonds. The van der Waals surface area contributed by atoms with E-state index in [0.717, 1.165) is 18.1 Å². The fourth-order valence-corrected chi connectivity index (χ4v) is 3.34. The van der Waals surface area contributed by atoms with Crippen LogP contribution >= 0.6 is 11.3 Å². The molecule has 0 aliphatic carbocycles. The number of thiophene rings is 1. The average molecular weight is 283 g/mol. The minimum absolute atomic E-state index is 0.0920. The second kappa shape index (κ2) is 5.79. The zero-order chi connectivity index (χ0) is 14.0. The third kappa shape index (κ3) is 3.19. The number of hydrogen-bond donors (Lipinski definition) is 2. The molecule has 2 heterocycles. The summed E-state index contributed by atoms with van der Waals surface area (Å²) in [4.78, 5) is 14.7. The molecule has 106 valence electrons. The molecule has 1 aliphatic rings. The maximum absolute atomic E-state index is 11.9. The standard InChI is InChI=1S/C13H21N3O2S/c1-4-15-13(17)12-10(14)5-11(19-12)16-6-8(2)18-9(3)7-16/h5,8-9H,4,6-7,14H2,1-3H3,(H,15,17)/t8-,9+. The second-order valence-electron chi connectivity index (χ2n) is 4.89. The third-order valence-electron chi connectivity index (χ3n) is 3.02. The molecule has 0 bridgehead atoms. The Kier molecular flexibility index (Phi) is 4.31. The number of ether oxygens (including phenoxy) is 1. The number of hydrogen-bond acceptors (Lipinski definition) is 5. The number of carbonyl (C=O) groups is 1. The molecule has 0 aromatic carbocycles. The normalized spacial score (nSPS) is 23.4. The Morgan fingerprint density at radius 2 is 2.16 bits per heavy atom. The minimum Gasteiger partial charge on any atom is -0.397 e. The molecule has 0 saturated carbocycles. The first kappa shape index (κ1) is 14.1. The van der Waals surface area contributed by atoms with Crippen molar-refractivity contribution >= 4 is 27.9 Å². The predicted octanol–water partition coefficient (Wildman–Crippen LogP) is 1.69. The topological polar surface area (TPSA) is 67.6 Å². The van der Waals surface area contributed by atoms with Crippen LogP contribution in [-0.4, -0.2) is 37.7 Å². The number of nitrogens with two attached hydrogens (primary N) is 1. The molecule has 5 nitrogen and oxygen atoms in total. The molecule has 1 aliphatic heterocycles. The molecular formula is C13H21N3O2S. The van der Waals surface area contributed by atoms with E-state index in [0.29, 0.717) is 17.1 Å². The SMILES string of the molecule is CCNC(=O)c1sc(N2C[C@@H](C)O[C@@H](C)C2)cc1N. The molecule has 3 N–H and O–H groups in total. The van der Waals surface area contributed by atoms with Crippen molar-refractivity contribution in [3.05, 3.63) is 10.9 Å². The van der Waals surface area contributed by atoms with Gasteiger partial charge in [0.25, 0.3) is 5.91 Å². The third-order valence-corrected chi connectivity index (χ3v) is 4.23. The number of rotatable bonds is 3. The van der Waals surface area contributed by atoms with E-state index in [1.54, 1.807) is 0 Å². The summed E-state index contributed by atoms with van der Waals surface area (Å²) in [5, 5.41) is 3.83. The summed E-state index contributed by atoms with van der Waals surface area (Å²) in [6, 6.07) is 1.89. The Morgan fingerprint density at radius 3 is 2.74 bits per heavy atom. The Bertz CT molecular complexity index is 451. The lowest BCUT2D eigenvalue weighted by Crippen LogP contribution is -2.45. The molecule has 19 heavy (non-hydrogen) atoms. The number of nitrogens with one attached hydrogen (secondary N) is 1. The van der Waals surface area contributed by atoms with Crippen molar-refractivity contribution in [2.75, 3.05) is 30.3 Å². The lowest BCUT2D eigenvalue weighted by atomic mass is 10.2. The van der Waals surface area contributed by atoms with Crippen molar-refractivity contribution in [1.29, 1.82) is 0 Å². The van der Waals surface area contributed by atoms with Gasteiger partial charge in [-0.2, -0.15) is 0 Å². The molecule has 2 rings (SSSR count). The summed E-state index contributed by atoms with van der Waals surface area (Å²) in [6.45, 7) is 8.29. The summed E-state index contributed by atoms with van der Waals surface area (Å²) in [6.07, 6.45) is 0.389. The van der Waals surface area contributed by atoms with Crippen LogP contribution in [0, 0.1) is 0 Å². The van der Waals surface area contributed by atoms with Crippen LogP contribution in [-0.2, 0) is 4.74 Å². The summed E-state index contributed by atoms with van der Waals surface area (Å²) in [5.41, 5.74) is 6.49. The van der Waals surface area contributed by atoms with Crippen LogP contribution in [0.25, 0.3) is 0 Å². The molecule has 1 saturated heterocycles. The van der Waals surface area contributed by atoms with Crippen molar-refractivity contribution in [2.24, 2.45) is 0 Å². The molecule has 1 aromatic rings. The fourth-order valence-electron chi connectivity index (χ4n) is 2.32. The van der Waals surface area contributed by atoms with Gasteiger partial charge in [-0.05, 0) is 26.8 Å². The summed E-state index contributed by atoms with van der Waals surface area (Å²) >= 11 is 1.45. The second-order valence-corrected chi connectivity index (χ2v) is 5.92. The zero-order valence-corrected chi connectivity index (χ0v) is 12.4. The number of carbonyl (C=O) groups excluding carboxylic acids is 1. The van der Waals surface area contributed by atoms with Crippen LogP contribution in [0.15, 0.2) is 6.07 Å². The quantitative estimate of drug-likeness (QED) is 0.886. The van der Waals surface area contributed by atoms with Crippen LogP contribution in [0.4, 0.5) is 10.7 Å². The number of nitrogens with zero attached hydrogens (tertiary/aromatic N) is 1. The molecule has 6 heteroatoms. The van der Waals surface area contributed by atoms with Gasteiger partial charge in [-0.25, -0.2) is 0 Å². The number of nitrogen functional groups attached to an aromatic ring is 1. The van der Waals surface area contributed by atoms with Crippen molar-refractivity contribution in [3.63, 3.8) is 0 Å². The highest BCUT2D eigenvalue weighted by Gasteiger charge is 2.25. The largest absolute Gasteiger partial charge is 0.397 e. The first-order chi connectivity index (χ1) is 9.01. The van der Waals surface area contributed by atoms with Gasteiger partial charge in [0.15, 0.2) is 0 Å². The average Bonchev–Trinajstić information content (AvgIpc) is 2.70. The number of morpholine rings is 1. The van der Waals surface area contributed by atoms with Gasteiger partial charge in [0.1, 0.15) is 4.88 Å². The highest BCUT2D eigenvalue weighted by molar-refractivity contribution is 7.18. The van der Waals surface area contributed by atoms with Crippen LogP contribution in [0.1, 0.15) is 30.4 Å². The van der Waals surface area contributed by atoms with E-state index in [4.69, 9.17) is 10.5 Å². The maximum atomic E-state index is 11.9. The summed E-state index contributed by atoms with van der Waals surface area (Å²) < 4.78 is 5.71. The lowest BCUT2D eigenvalue weighted by molar-refractivity contribution is -0.00500. The zero-order valence-electron chi connectivity index (χ0n) is 11.6. The van der Waals surface area contributed by atoms with E-state index >= 15 is 0 Å². The molecule has 0 radical (unpaired) electrons. The van der Waals surface area contributed by atoms with Gasteiger partial charge in [0.2, 0.25) is 0 Å². The van der Waals surface area contributed by atoms with E-state index < -0.39 is 0 Å². The Hall–Kier alpha value is -1.27. The van der Waals surface area contributed by atoms with Crippen molar-refractivity contribution in [1.82, 2.24) is 5.32 Å². The van der Waals surface area contributed by atoms with Gasteiger partial charge in [-0.1, -0.05) is 0 Å². The predicted molar refractivity (Wildman–Crippen MR) is 79.0 cm³/mol. The molecule has 1 fully saturated rings. The maximum Gasteiger partial charge on any atom is 0.263 e. The van der Waals surface area contributed by atoms with Crippen LogP contribution in [0.3, 0.4) is 0 Å². The van der Waals surface area contributed by atoms with Crippen molar-refractivity contribution < 1.29 is 9.53 Å². The molecule has 0 unspecified atom stereocenters. The van der Waals surface area contributed by atoms with Gasteiger partial charge in [0, 0.05) is 19.6 Å². The molecule has 2 atom stereocenters. The van der Waals surface area contributed by atoms with Crippen molar-refractivity contribution in [3.8, 4) is 0 Å². The van der Waals surface area contributed by atoms with Gasteiger partial charge in [-0.3, -0.25) is 4.79 Å². The molecule has 1 aromatic heterocycles. The summed E-state index contributed by atoms with van der Waals surface area (Å²) in [7, 11) is 0. The Balaban J connectivity index is 2.17. The van der Waals surface area contributed by atoms with E-state index in [-0.39, 0.29) is 18.1 Å². The first-order valence-electron chi connectivity index (χ1n) is 6.59.